The number of nitrogens with zero attached hydrogens (tertiary/aromatic N) is 1. The van der Waals surface area contributed by atoms with Gasteiger partial charge in [0.1, 0.15) is 17.4 Å². The second-order valence-electron chi connectivity index (χ2n) is 4.29. The van der Waals surface area contributed by atoms with Crippen molar-refractivity contribution in [1.29, 1.82) is 0 Å². The van der Waals surface area contributed by atoms with Gasteiger partial charge in [0, 0.05) is 26.2 Å². The van der Waals surface area contributed by atoms with Crippen LogP contribution in [0.1, 0.15) is 16.8 Å². The summed E-state index contributed by atoms with van der Waals surface area (Å²) in [5.74, 6) is -1.87. The number of amides is 1. The van der Waals surface area contributed by atoms with E-state index in [1.54, 1.807) is 0 Å². The molecule has 1 amide bonds. The topological polar surface area (TPSA) is 128 Å². The summed E-state index contributed by atoms with van der Waals surface area (Å²) in [7, 11) is 2.75. The van der Waals surface area contributed by atoms with Crippen LogP contribution < -0.4 is 10.1 Å². The zero-order valence-corrected chi connectivity index (χ0v) is 12.1. The quantitative estimate of drug-likeness (QED) is 0.537. The maximum Gasteiger partial charge on any atom is 0.326 e. The number of carboxylic acids is 1. The molecule has 0 aliphatic heterocycles. The summed E-state index contributed by atoms with van der Waals surface area (Å²) in [6, 6.07) is 2.44. The molecule has 0 saturated heterocycles. The van der Waals surface area contributed by atoms with Crippen LogP contribution in [0.5, 0.6) is 5.75 Å². The summed E-state index contributed by atoms with van der Waals surface area (Å²) in [5.41, 5.74) is -0.706. The SMILES string of the molecule is COCCC(NC(=O)c1cc(OC)ccc1[N+](=O)[O-])C(=O)O. The lowest BCUT2D eigenvalue weighted by atomic mass is 10.1. The molecule has 1 unspecified atom stereocenters. The van der Waals surface area contributed by atoms with Crippen LogP contribution in [0.25, 0.3) is 0 Å². The average Bonchev–Trinajstić information content (AvgIpc) is 2.49. The number of ether oxygens (including phenoxy) is 2. The van der Waals surface area contributed by atoms with Crippen molar-refractivity contribution in [2.24, 2.45) is 0 Å². The van der Waals surface area contributed by atoms with Crippen molar-refractivity contribution < 1.29 is 29.1 Å². The van der Waals surface area contributed by atoms with E-state index in [1.807, 2.05) is 0 Å². The maximum atomic E-state index is 12.1. The Morgan fingerprint density at radius 3 is 2.59 bits per heavy atom. The molecule has 2 N–H and O–H groups in total. The molecule has 120 valence electrons. The van der Waals surface area contributed by atoms with Crippen LogP contribution in [-0.2, 0) is 9.53 Å². The lowest BCUT2D eigenvalue weighted by Crippen LogP contribution is -2.41. The number of carbonyl (C=O) groups excluding carboxylic acids is 1. The second kappa shape index (κ2) is 7.93. The average molecular weight is 312 g/mol. The van der Waals surface area contributed by atoms with Crippen molar-refractivity contribution in [3.63, 3.8) is 0 Å². The lowest BCUT2D eigenvalue weighted by molar-refractivity contribution is -0.385. The Balaban J connectivity index is 3.04. The molecule has 0 aliphatic carbocycles. The molecule has 0 heterocycles. The highest BCUT2D eigenvalue weighted by atomic mass is 16.6. The van der Waals surface area contributed by atoms with Crippen LogP contribution in [0, 0.1) is 10.1 Å². The molecular weight excluding hydrogens is 296 g/mol. The van der Waals surface area contributed by atoms with Gasteiger partial charge in [0.15, 0.2) is 0 Å². The van der Waals surface area contributed by atoms with Crippen LogP contribution in [0.4, 0.5) is 5.69 Å². The van der Waals surface area contributed by atoms with E-state index in [1.165, 1.54) is 26.4 Å². The molecule has 1 atom stereocenters. The maximum absolute atomic E-state index is 12.1. The molecular formula is C13H16N2O7. The zero-order valence-electron chi connectivity index (χ0n) is 12.1. The first-order valence-electron chi connectivity index (χ1n) is 6.25. The molecule has 0 fully saturated rings. The fourth-order valence-corrected chi connectivity index (χ4v) is 1.71. The number of nitro groups is 1. The zero-order chi connectivity index (χ0) is 16.7. The van der Waals surface area contributed by atoms with E-state index in [0.717, 1.165) is 6.07 Å². The number of nitro benzene ring substituents is 1. The van der Waals surface area contributed by atoms with Gasteiger partial charge in [-0.2, -0.15) is 0 Å². The molecule has 0 aromatic heterocycles. The van der Waals surface area contributed by atoms with Crippen LogP contribution in [0.3, 0.4) is 0 Å². The minimum atomic E-state index is -1.25. The number of nitrogens with one attached hydrogen (secondary N) is 1. The van der Waals surface area contributed by atoms with Gasteiger partial charge in [-0.1, -0.05) is 0 Å². The van der Waals surface area contributed by atoms with E-state index in [4.69, 9.17) is 14.6 Å². The van der Waals surface area contributed by atoms with Gasteiger partial charge in [0.05, 0.1) is 12.0 Å². The van der Waals surface area contributed by atoms with Gasteiger partial charge in [-0.3, -0.25) is 14.9 Å². The van der Waals surface area contributed by atoms with Gasteiger partial charge < -0.3 is 19.9 Å². The third-order valence-electron chi connectivity index (χ3n) is 2.86. The van der Waals surface area contributed by atoms with Gasteiger partial charge in [-0.25, -0.2) is 4.79 Å². The number of aliphatic carboxylic acids is 1. The first-order chi connectivity index (χ1) is 10.4. The Morgan fingerprint density at radius 1 is 1.41 bits per heavy atom. The lowest BCUT2D eigenvalue weighted by Gasteiger charge is -2.14. The second-order valence-corrected chi connectivity index (χ2v) is 4.29. The molecule has 1 rings (SSSR count). The molecule has 0 spiro atoms. The highest BCUT2D eigenvalue weighted by Gasteiger charge is 2.26. The number of benzene rings is 1. The normalized spacial score (nSPS) is 11.5. The van der Waals surface area contributed by atoms with Crippen LogP contribution >= 0.6 is 0 Å². The van der Waals surface area contributed by atoms with Gasteiger partial charge in [0.25, 0.3) is 11.6 Å². The minimum absolute atomic E-state index is 0.0370. The van der Waals surface area contributed by atoms with Crippen LogP contribution in [0.15, 0.2) is 18.2 Å². The fraction of sp³-hybridized carbons (Fsp3) is 0.385. The van der Waals surface area contributed by atoms with E-state index < -0.39 is 28.5 Å². The Bertz CT molecular complexity index is 574. The van der Waals surface area contributed by atoms with E-state index in [9.17, 15) is 19.7 Å². The molecule has 9 heteroatoms. The van der Waals surface area contributed by atoms with E-state index in [2.05, 4.69) is 5.32 Å². The summed E-state index contributed by atoms with van der Waals surface area (Å²) in [5, 5.41) is 22.2. The van der Waals surface area contributed by atoms with Gasteiger partial charge in [-0.15, -0.1) is 0 Å². The standard InChI is InChI=1S/C13H16N2O7/c1-21-6-5-10(13(17)18)14-12(16)9-7-8(22-2)3-4-11(9)15(19)20/h3-4,7,10H,5-6H2,1-2H3,(H,14,16)(H,17,18). The summed E-state index contributed by atoms with van der Waals surface area (Å²) in [4.78, 5) is 33.5. The molecule has 0 radical (unpaired) electrons. The molecule has 0 bridgehead atoms. The van der Waals surface area contributed by atoms with Crippen molar-refractivity contribution in [3.8, 4) is 5.75 Å². The van der Waals surface area contributed by atoms with E-state index in [-0.39, 0.29) is 24.3 Å². The molecule has 1 aromatic rings. The molecule has 0 aliphatic rings. The minimum Gasteiger partial charge on any atom is -0.497 e. The number of rotatable bonds is 8. The number of methoxy groups -OCH3 is 2. The van der Waals surface area contributed by atoms with Crippen molar-refractivity contribution in [2.45, 2.75) is 12.5 Å². The first kappa shape index (κ1) is 17.4. The number of hydrogen-bond acceptors (Lipinski definition) is 6. The van der Waals surface area contributed by atoms with Crippen molar-refractivity contribution >= 4 is 17.6 Å². The van der Waals surface area contributed by atoms with Crippen molar-refractivity contribution in [3.05, 3.63) is 33.9 Å². The van der Waals surface area contributed by atoms with Gasteiger partial charge >= 0.3 is 5.97 Å². The van der Waals surface area contributed by atoms with Gasteiger partial charge in [-0.05, 0) is 12.1 Å². The molecule has 1 aromatic carbocycles. The highest BCUT2D eigenvalue weighted by molar-refractivity contribution is 6.00. The monoisotopic (exact) mass is 312 g/mol. The van der Waals surface area contributed by atoms with E-state index >= 15 is 0 Å². The van der Waals surface area contributed by atoms with Crippen LogP contribution in [-0.4, -0.2) is 48.8 Å². The number of carboxylic acid groups (broad SMARTS) is 1. The largest absolute Gasteiger partial charge is 0.497 e. The predicted molar refractivity (Wildman–Crippen MR) is 75.0 cm³/mol. The predicted octanol–water partition coefficient (Wildman–Crippen LogP) is 0.823. The smallest absolute Gasteiger partial charge is 0.326 e. The Kier molecular flexibility index (Phi) is 6.26. The van der Waals surface area contributed by atoms with Crippen molar-refractivity contribution in [1.82, 2.24) is 5.32 Å². The Hall–Kier alpha value is -2.68. The van der Waals surface area contributed by atoms with Crippen LogP contribution in [0.2, 0.25) is 0 Å². The highest BCUT2D eigenvalue weighted by Crippen LogP contribution is 2.24. The molecule has 0 saturated carbocycles. The number of hydrogen-bond donors (Lipinski definition) is 2. The molecule has 22 heavy (non-hydrogen) atoms. The first-order valence-corrected chi connectivity index (χ1v) is 6.25. The summed E-state index contributed by atoms with van der Waals surface area (Å²) >= 11 is 0. The van der Waals surface area contributed by atoms with E-state index in [0.29, 0.717) is 0 Å². The van der Waals surface area contributed by atoms with Gasteiger partial charge in [0.2, 0.25) is 0 Å². The van der Waals surface area contributed by atoms with Crippen molar-refractivity contribution in [2.75, 3.05) is 20.8 Å². The Morgan fingerprint density at radius 2 is 2.09 bits per heavy atom. The molecule has 9 nitrogen and oxygen atoms in total. The summed E-state index contributed by atoms with van der Waals surface area (Å²) < 4.78 is 9.68. The third kappa shape index (κ3) is 4.42. The Labute approximate surface area is 126 Å². The third-order valence-corrected chi connectivity index (χ3v) is 2.86. The fourth-order valence-electron chi connectivity index (χ4n) is 1.71. The summed E-state index contributed by atoms with van der Waals surface area (Å²) in [6.07, 6.45) is 0.0370. The number of carbonyl (C=O) groups is 2. The summed E-state index contributed by atoms with van der Waals surface area (Å²) in [6.45, 7) is 0.122.